The van der Waals surface area contributed by atoms with Crippen LogP contribution >= 0.6 is 0 Å². The van der Waals surface area contributed by atoms with Crippen LogP contribution in [0.1, 0.15) is 12.0 Å². The second-order valence-corrected chi connectivity index (χ2v) is 5.56. The van der Waals surface area contributed by atoms with Crippen molar-refractivity contribution in [3.63, 3.8) is 0 Å². The lowest BCUT2D eigenvalue weighted by atomic mass is 10.1. The highest BCUT2D eigenvalue weighted by molar-refractivity contribution is 5.89. The molecule has 0 aromatic heterocycles. The molecule has 0 bridgehead atoms. The number of amides is 2. The van der Waals surface area contributed by atoms with Gasteiger partial charge in [0.1, 0.15) is 12.4 Å². The minimum Gasteiger partial charge on any atom is -0.481 e. The van der Waals surface area contributed by atoms with Crippen LogP contribution < -0.4 is 10.1 Å². The van der Waals surface area contributed by atoms with Crippen LogP contribution in [-0.4, -0.2) is 43.5 Å². The fourth-order valence-electron chi connectivity index (χ4n) is 2.31. The Kier molecular flexibility index (Phi) is 5.91. The van der Waals surface area contributed by atoms with Gasteiger partial charge in [-0.2, -0.15) is 13.2 Å². The summed E-state index contributed by atoms with van der Waals surface area (Å²) in [5, 5.41) is 2.60. The first-order valence-corrected chi connectivity index (χ1v) is 7.55. The maximum absolute atomic E-state index is 12.6. The molecule has 1 aliphatic heterocycles. The van der Waals surface area contributed by atoms with Crippen LogP contribution in [0.3, 0.4) is 0 Å². The number of halogens is 3. The number of hydrogen-bond donors (Lipinski definition) is 1. The molecule has 0 aliphatic carbocycles. The van der Waals surface area contributed by atoms with E-state index in [2.05, 4.69) is 17.2 Å². The number of nitrogens with one attached hydrogen (secondary N) is 1. The summed E-state index contributed by atoms with van der Waals surface area (Å²) in [6, 6.07) is 4.52. The van der Waals surface area contributed by atoms with Crippen molar-refractivity contribution in [2.75, 3.05) is 26.7 Å². The van der Waals surface area contributed by atoms with E-state index in [-0.39, 0.29) is 43.1 Å². The average molecular weight is 354 g/mol. The van der Waals surface area contributed by atoms with Gasteiger partial charge in [-0.25, -0.2) is 0 Å². The maximum Gasteiger partial charge on any atom is 0.416 e. The molecule has 1 N–H and O–H groups in total. The van der Waals surface area contributed by atoms with E-state index in [9.17, 15) is 22.8 Å². The van der Waals surface area contributed by atoms with E-state index in [1.54, 1.807) is 7.05 Å². The SMILES string of the molecule is CN1CC(C(=O)NCC#CCOc2cccc(C(F)(F)F)c2)CC1=O. The summed E-state index contributed by atoms with van der Waals surface area (Å²) in [7, 11) is 1.64. The predicted molar refractivity (Wildman–Crippen MR) is 83.5 cm³/mol. The molecule has 134 valence electrons. The van der Waals surface area contributed by atoms with Crippen molar-refractivity contribution in [3.05, 3.63) is 29.8 Å². The summed E-state index contributed by atoms with van der Waals surface area (Å²) in [6.07, 6.45) is -4.24. The zero-order valence-corrected chi connectivity index (χ0v) is 13.5. The molecule has 2 rings (SSSR count). The van der Waals surface area contributed by atoms with Crippen molar-refractivity contribution in [3.8, 4) is 17.6 Å². The van der Waals surface area contributed by atoms with Crippen LogP contribution in [0.5, 0.6) is 5.75 Å². The van der Waals surface area contributed by atoms with E-state index in [4.69, 9.17) is 4.74 Å². The molecule has 2 amide bonds. The molecule has 1 saturated heterocycles. The molecule has 1 unspecified atom stereocenters. The van der Waals surface area contributed by atoms with Crippen LogP contribution in [-0.2, 0) is 15.8 Å². The quantitative estimate of drug-likeness (QED) is 0.837. The standard InChI is InChI=1S/C17H17F3N2O3/c1-22-11-12(9-15(22)23)16(24)21-7-2-3-8-25-14-6-4-5-13(10-14)17(18,19)20/h4-6,10,12H,7-9,11H2,1H3,(H,21,24). The normalized spacial score (nSPS) is 17.0. The lowest BCUT2D eigenvalue weighted by Crippen LogP contribution is -2.32. The number of hydrogen-bond acceptors (Lipinski definition) is 3. The van der Waals surface area contributed by atoms with Gasteiger partial charge in [-0.3, -0.25) is 9.59 Å². The predicted octanol–water partition coefficient (Wildman–Crippen LogP) is 1.68. The van der Waals surface area contributed by atoms with Gasteiger partial charge >= 0.3 is 6.18 Å². The summed E-state index contributed by atoms with van der Waals surface area (Å²) in [6.45, 7) is 0.373. The average Bonchev–Trinajstić information content (AvgIpc) is 2.89. The number of carbonyl (C=O) groups is 2. The van der Waals surface area contributed by atoms with Gasteiger partial charge in [-0.15, -0.1) is 0 Å². The fraction of sp³-hybridized carbons (Fsp3) is 0.412. The van der Waals surface area contributed by atoms with Gasteiger partial charge in [0.2, 0.25) is 11.8 Å². The Morgan fingerprint density at radius 1 is 1.40 bits per heavy atom. The second-order valence-electron chi connectivity index (χ2n) is 5.56. The van der Waals surface area contributed by atoms with Crippen LogP contribution in [0.4, 0.5) is 13.2 Å². The van der Waals surface area contributed by atoms with Crippen molar-refractivity contribution in [2.45, 2.75) is 12.6 Å². The topological polar surface area (TPSA) is 58.6 Å². The van der Waals surface area contributed by atoms with Gasteiger partial charge in [-0.05, 0) is 18.2 Å². The third kappa shape index (κ3) is 5.41. The van der Waals surface area contributed by atoms with Crippen LogP contribution in [0.25, 0.3) is 0 Å². The molecule has 1 aliphatic rings. The van der Waals surface area contributed by atoms with E-state index in [1.807, 2.05) is 0 Å². The smallest absolute Gasteiger partial charge is 0.416 e. The zero-order chi connectivity index (χ0) is 18.4. The van der Waals surface area contributed by atoms with Gasteiger partial charge in [-0.1, -0.05) is 17.9 Å². The largest absolute Gasteiger partial charge is 0.481 e. The molecule has 1 heterocycles. The van der Waals surface area contributed by atoms with Crippen molar-refractivity contribution >= 4 is 11.8 Å². The Hall–Kier alpha value is -2.69. The minimum atomic E-state index is -4.43. The summed E-state index contributed by atoms with van der Waals surface area (Å²) in [5.74, 6) is 4.64. The summed E-state index contributed by atoms with van der Waals surface area (Å²) in [5.41, 5.74) is -0.790. The highest BCUT2D eigenvalue weighted by Crippen LogP contribution is 2.31. The lowest BCUT2D eigenvalue weighted by molar-refractivity contribution is -0.137. The number of carbonyl (C=O) groups excluding carboxylic acids is 2. The Labute approximate surface area is 143 Å². The number of ether oxygens (including phenoxy) is 1. The van der Waals surface area contributed by atoms with Gasteiger partial charge < -0.3 is 15.0 Å². The molecule has 0 spiro atoms. The summed E-state index contributed by atoms with van der Waals surface area (Å²) >= 11 is 0. The first-order chi connectivity index (χ1) is 11.8. The first-order valence-electron chi connectivity index (χ1n) is 7.55. The molecule has 0 radical (unpaired) electrons. The molecular weight excluding hydrogens is 337 g/mol. The molecule has 5 nitrogen and oxygen atoms in total. The molecular formula is C17H17F3N2O3. The molecule has 8 heteroatoms. The van der Waals surface area contributed by atoms with Gasteiger partial charge in [0, 0.05) is 20.0 Å². The zero-order valence-electron chi connectivity index (χ0n) is 13.5. The molecule has 1 aromatic carbocycles. The van der Waals surface area contributed by atoms with E-state index >= 15 is 0 Å². The van der Waals surface area contributed by atoms with E-state index in [1.165, 1.54) is 17.0 Å². The number of rotatable bonds is 4. The van der Waals surface area contributed by atoms with Crippen molar-refractivity contribution < 1.29 is 27.5 Å². The maximum atomic E-state index is 12.6. The van der Waals surface area contributed by atoms with E-state index in [0.717, 1.165) is 12.1 Å². The van der Waals surface area contributed by atoms with Crippen LogP contribution in [0.2, 0.25) is 0 Å². The first kappa shape index (κ1) is 18.6. The molecule has 0 saturated carbocycles. The highest BCUT2D eigenvalue weighted by Gasteiger charge is 2.32. The third-order valence-corrected chi connectivity index (χ3v) is 3.66. The summed E-state index contributed by atoms with van der Waals surface area (Å²) < 4.78 is 42.8. The Balaban J connectivity index is 1.73. The number of alkyl halides is 3. The minimum absolute atomic E-state index is 0.0688. The Bertz CT molecular complexity index is 707. The van der Waals surface area contributed by atoms with Crippen molar-refractivity contribution in [1.29, 1.82) is 0 Å². The number of benzene rings is 1. The summed E-state index contributed by atoms with van der Waals surface area (Å²) in [4.78, 5) is 24.7. The van der Waals surface area contributed by atoms with Gasteiger partial charge in [0.25, 0.3) is 0 Å². The molecule has 1 aromatic rings. The molecule has 25 heavy (non-hydrogen) atoms. The van der Waals surface area contributed by atoms with Gasteiger partial charge in [0.05, 0.1) is 18.0 Å². The van der Waals surface area contributed by atoms with E-state index in [0.29, 0.717) is 6.54 Å². The molecule has 1 fully saturated rings. The van der Waals surface area contributed by atoms with E-state index < -0.39 is 11.7 Å². The highest BCUT2D eigenvalue weighted by atomic mass is 19.4. The van der Waals surface area contributed by atoms with Crippen LogP contribution in [0.15, 0.2) is 24.3 Å². The second kappa shape index (κ2) is 7.92. The van der Waals surface area contributed by atoms with Crippen molar-refractivity contribution in [2.24, 2.45) is 5.92 Å². The number of likely N-dealkylation sites (tertiary alicyclic amines) is 1. The monoisotopic (exact) mass is 354 g/mol. The Morgan fingerprint density at radius 2 is 2.16 bits per heavy atom. The lowest BCUT2D eigenvalue weighted by Gasteiger charge is -2.09. The Morgan fingerprint density at radius 3 is 2.80 bits per heavy atom. The fourth-order valence-corrected chi connectivity index (χ4v) is 2.31. The van der Waals surface area contributed by atoms with Crippen LogP contribution in [0, 0.1) is 17.8 Å². The van der Waals surface area contributed by atoms with Crippen molar-refractivity contribution in [1.82, 2.24) is 10.2 Å². The van der Waals surface area contributed by atoms with Gasteiger partial charge in [0.15, 0.2) is 0 Å². The molecule has 1 atom stereocenters. The number of nitrogens with zero attached hydrogens (tertiary/aromatic N) is 1. The third-order valence-electron chi connectivity index (χ3n) is 3.66.